The van der Waals surface area contributed by atoms with Crippen molar-refractivity contribution < 1.29 is 24.2 Å². The number of aryl methyl sites for hydroxylation is 2. The Morgan fingerprint density at radius 3 is 2.24 bits per heavy atom. The number of hydrogen-bond acceptors (Lipinski definition) is 5. The Balaban J connectivity index is 1.73. The van der Waals surface area contributed by atoms with E-state index in [1.54, 1.807) is 24.1 Å². The van der Waals surface area contributed by atoms with Crippen LogP contribution in [-0.2, 0) is 16.0 Å². The Morgan fingerprint density at radius 1 is 0.946 bits per heavy atom. The topological polar surface area (TPSA) is 76.1 Å². The van der Waals surface area contributed by atoms with E-state index in [1.807, 2.05) is 75.4 Å². The number of rotatable bonds is 9. The summed E-state index contributed by atoms with van der Waals surface area (Å²) in [6.07, 6.45) is 1.44. The molecule has 3 aromatic rings. The van der Waals surface area contributed by atoms with Crippen LogP contribution >= 0.6 is 0 Å². The number of ketones is 1. The van der Waals surface area contributed by atoms with Crippen LogP contribution < -0.4 is 9.47 Å². The van der Waals surface area contributed by atoms with Gasteiger partial charge in [-0.3, -0.25) is 9.59 Å². The predicted molar refractivity (Wildman–Crippen MR) is 144 cm³/mol. The van der Waals surface area contributed by atoms with Crippen LogP contribution in [0.2, 0.25) is 0 Å². The van der Waals surface area contributed by atoms with E-state index in [1.165, 1.54) is 0 Å². The number of Topliss-reactive ketones (excluding diaryl/α,β-unsaturated/α-hetero) is 1. The molecule has 1 saturated heterocycles. The molecule has 1 aliphatic heterocycles. The summed E-state index contributed by atoms with van der Waals surface area (Å²) >= 11 is 0. The molecule has 0 aromatic heterocycles. The van der Waals surface area contributed by atoms with Crippen LogP contribution in [0.5, 0.6) is 11.5 Å². The molecule has 6 nitrogen and oxygen atoms in total. The first kappa shape index (κ1) is 26.0. The van der Waals surface area contributed by atoms with Gasteiger partial charge < -0.3 is 19.5 Å². The van der Waals surface area contributed by atoms with Crippen LogP contribution in [0.1, 0.15) is 47.2 Å². The third kappa shape index (κ3) is 5.53. The Kier molecular flexibility index (Phi) is 7.97. The van der Waals surface area contributed by atoms with Crippen molar-refractivity contribution in [2.75, 3.05) is 20.3 Å². The van der Waals surface area contributed by atoms with Gasteiger partial charge in [0, 0.05) is 12.1 Å². The number of hydrogen-bond donors (Lipinski definition) is 1. The number of nitrogens with zero attached hydrogens (tertiary/aromatic N) is 1. The fraction of sp³-hybridized carbons (Fsp3) is 0.290. The number of carbonyl (C=O) groups is 2. The second-order valence-electron chi connectivity index (χ2n) is 9.33. The first-order chi connectivity index (χ1) is 17.8. The van der Waals surface area contributed by atoms with Gasteiger partial charge in [0.2, 0.25) is 0 Å². The third-order valence-corrected chi connectivity index (χ3v) is 6.66. The van der Waals surface area contributed by atoms with Crippen molar-refractivity contribution in [2.24, 2.45) is 0 Å². The van der Waals surface area contributed by atoms with Crippen molar-refractivity contribution in [1.82, 2.24) is 4.90 Å². The van der Waals surface area contributed by atoms with Gasteiger partial charge in [-0.1, -0.05) is 48.9 Å². The van der Waals surface area contributed by atoms with Crippen LogP contribution in [0.15, 0.2) is 72.3 Å². The predicted octanol–water partition coefficient (Wildman–Crippen LogP) is 5.77. The first-order valence-corrected chi connectivity index (χ1v) is 12.6. The normalized spacial score (nSPS) is 16.8. The summed E-state index contributed by atoms with van der Waals surface area (Å²) in [5.74, 6) is -0.00335. The molecule has 0 bridgehead atoms. The van der Waals surface area contributed by atoms with E-state index >= 15 is 0 Å². The molecule has 0 radical (unpaired) electrons. The van der Waals surface area contributed by atoms with Gasteiger partial charge in [-0.05, 0) is 73.7 Å². The lowest BCUT2D eigenvalue weighted by molar-refractivity contribution is -0.139. The second-order valence-corrected chi connectivity index (χ2v) is 9.33. The fourth-order valence-corrected chi connectivity index (χ4v) is 4.60. The molecule has 6 heteroatoms. The van der Waals surface area contributed by atoms with Crippen LogP contribution in [0.3, 0.4) is 0 Å². The molecule has 192 valence electrons. The molecule has 1 unspecified atom stereocenters. The summed E-state index contributed by atoms with van der Waals surface area (Å²) in [7, 11) is 1.61. The highest BCUT2D eigenvalue weighted by Crippen LogP contribution is 2.40. The maximum absolute atomic E-state index is 13.3. The standard InChI is InChI=1S/C31H33NO5/c1-5-18-37-25-14-15-26(21(3)19-25)29(33)27-28(23-10-6-20(2)7-11-23)32(31(35)30(27)34)17-16-22-8-12-24(36-4)13-9-22/h6-15,19,28,33H,5,16-18H2,1-4H3. The Hall–Kier alpha value is -4.06. The molecule has 1 atom stereocenters. The maximum atomic E-state index is 13.3. The van der Waals surface area contributed by atoms with Crippen LogP contribution in [-0.4, -0.2) is 42.0 Å². The summed E-state index contributed by atoms with van der Waals surface area (Å²) < 4.78 is 10.9. The van der Waals surface area contributed by atoms with E-state index in [9.17, 15) is 14.7 Å². The van der Waals surface area contributed by atoms with Gasteiger partial charge in [0.05, 0.1) is 25.3 Å². The number of benzene rings is 3. The van der Waals surface area contributed by atoms with Crippen LogP contribution in [0.4, 0.5) is 0 Å². The maximum Gasteiger partial charge on any atom is 0.295 e. The van der Waals surface area contributed by atoms with Crippen molar-refractivity contribution in [1.29, 1.82) is 0 Å². The summed E-state index contributed by atoms with van der Waals surface area (Å²) in [6.45, 7) is 6.79. The van der Waals surface area contributed by atoms with E-state index in [2.05, 4.69) is 0 Å². The number of amides is 1. The molecule has 1 heterocycles. The fourth-order valence-electron chi connectivity index (χ4n) is 4.60. The van der Waals surface area contributed by atoms with Gasteiger partial charge in [0.1, 0.15) is 17.3 Å². The summed E-state index contributed by atoms with van der Waals surface area (Å²) in [4.78, 5) is 28.2. The molecule has 1 N–H and O–H groups in total. The smallest absolute Gasteiger partial charge is 0.295 e. The number of ether oxygens (including phenoxy) is 2. The van der Waals surface area contributed by atoms with Crippen molar-refractivity contribution in [3.63, 3.8) is 0 Å². The van der Waals surface area contributed by atoms with Crippen LogP contribution in [0, 0.1) is 13.8 Å². The van der Waals surface area contributed by atoms with E-state index in [-0.39, 0.29) is 11.3 Å². The highest BCUT2D eigenvalue weighted by Gasteiger charge is 2.45. The minimum absolute atomic E-state index is 0.105. The molecular weight excluding hydrogens is 466 g/mol. The molecule has 4 rings (SSSR count). The van der Waals surface area contributed by atoms with Gasteiger partial charge >= 0.3 is 0 Å². The molecule has 0 spiro atoms. The van der Waals surface area contributed by atoms with Gasteiger partial charge in [-0.2, -0.15) is 0 Å². The molecule has 37 heavy (non-hydrogen) atoms. The summed E-state index contributed by atoms with van der Waals surface area (Å²) in [5.41, 5.74) is 4.24. The van der Waals surface area contributed by atoms with Crippen molar-refractivity contribution in [2.45, 2.75) is 39.7 Å². The van der Waals surface area contributed by atoms with Crippen molar-refractivity contribution in [3.05, 3.63) is 100 Å². The Morgan fingerprint density at radius 2 is 1.62 bits per heavy atom. The molecular formula is C31H33NO5. The van der Waals surface area contributed by atoms with Gasteiger partial charge in [-0.25, -0.2) is 0 Å². The highest BCUT2D eigenvalue weighted by atomic mass is 16.5. The minimum Gasteiger partial charge on any atom is -0.507 e. The average molecular weight is 500 g/mol. The van der Waals surface area contributed by atoms with Gasteiger partial charge in [0.15, 0.2) is 0 Å². The highest BCUT2D eigenvalue weighted by molar-refractivity contribution is 6.46. The zero-order valence-corrected chi connectivity index (χ0v) is 21.8. The Bertz CT molecular complexity index is 1310. The third-order valence-electron chi connectivity index (χ3n) is 6.66. The zero-order chi connectivity index (χ0) is 26.5. The number of methoxy groups -OCH3 is 1. The lowest BCUT2D eigenvalue weighted by atomic mass is 9.93. The molecule has 3 aromatic carbocycles. The van der Waals surface area contributed by atoms with E-state index in [0.29, 0.717) is 30.9 Å². The average Bonchev–Trinajstić information content (AvgIpc) is 3.16. The molecule has 0 aliphatic carbocycles. The van der Waals surface area contributed by atoms with E-state index in [4.69, 9.17) is 9.47 Å². The molecule has 1 fully saturated rings. The SMILES string of the molecule is CCCOc1ccc(C(O)=C2C(=O)C(=O)N(CCc3ccc(OC)cc3)C2c2ccc(C)cc2)c(C)c1. The van der Waals surface area contributed by atoms with Gasteiger partial charge in [0.25, 0.3) is 11.7 Å². The minimum atomic E-state index is -0.686. The van der Waals surface area contributed by atoms with Gasteiger partial charge in [-0.15, -0.1) is 0 Å². The summed E-state index contributed by atoms with van der Waals surface area (Å²) in [5, 5.41) is 11.4. The summed E-state index contributed by atoms with van der Waals surface area (Å²) in [6, 6.07) is 20.0. The lowest BCUT2D eigenvalue weighted by Crippen LogP contribution is -2.31. The van der Waals surface area contributed by atoms with Crippen LogP contribution in [0.25, 0.3) is 5.76 Å². The van der Waals surface area contributed by atoms with Crippen molar-refractivity contribution in [3.8, 4) is 11.5 Å². The second kappa shape index (κ2) is 11.3. The molecule has 1 aliphatic rings. The Labute approximate surface area is 218 Å². The van der Waals surface area contributed by atoms with E-state index in [0.717, 1.165) is 34.4 Å². The molecule has 0 saturated carbocycles. The number of aliphatic hydroxyl groups is 1. The number of aliphatic hydroxyl groups excluding tert-OH is 1. The number of carbonyl (C=O) groups excluding carboxylic acids is 2. The zero-order valence-electron chi connectivity index (χ0n) is 21.8. The monoisotopic (exact) mass is 499 g/mol. The van der Waals surface area contributed by atoms with Crippen molar-refractivity contribution >= 4 is 17.4 Å². The number of likely N-dealkylation sites (tertiary alicyclic amines) is 1. The van der Waals surface area contributed by atoms with E-state index < -0.39 is 17.7 Å². The first-order valence-electron chi connectivity index (χ1n) is 12.6. The lowest BCUT2D eigenvalue weighted by Gasteiger charge is -2.25. The quantitative estimate of drug-likeness (QED) is 0.230. The molecule has 1 amide bonds. The largest absolute Gasteiger partial charge is 0.507 e.